The molecule has 2 heterocycles. The predicted molar refractivity (Wildman–Crippen MR) is 138 cm³/mol. The van der Waals surface area contributed by atoms with Crippen molar-refractivity contribution in [3.05, 3.63) is 71.0 Å². The molecule has 35 heavy (non-hydrogen) atoms. The first kappa shape index (κ1) is 23.0. The average Bonchev–Trinajstić information content (AvgIpc) is 3.62. The molecule has 7 heteroatoms. The van der Waals surface area contributed by atoms with E-state index in [1.807, 2.05) is 25.1 Å². The maximum atomic E-state index is 11.8. The molecule has 2 aromatic heterocycles. The van der Waals surface area contributed by atoms with Gasteiger partial charge >= 0.3 is 5.97 Å². The fourth-order valence-electron chi connectivity index (χ4n) is 4.51. The summed E-state index contributed by atoms with van der Waals surface area (Å²) in [4.78, 5) is 25.4. The van der Waals surface area contributed by atoms with E-state index in [0.717, 1.165) is 28.0 Å². The van der Waals surface area contributed by atoms with E-state index >= 15 is 0 Å². The predicted octanol–water partition coefficient (Wildman–Crippen LogP) is 5.88. The highest BCUT2D eigenvalue weighted by atomic mass is 16.4. The number of carboxylic acid groups (broad SMARTS) is 1. The van der Waals surface area contributed by atoms with Crippen LogP contribution < -0.4 is 5.32 Å². The number of anilines is 1. The molecule has 5 rings (SSSR count). The lowest BCUT2D eigenvalue weighted by Crippen LogP contribution is -2.20. The number of aromatic nitrogens is 4. The van der Waals surface area contributed by atoms with Gasteiger partial charge in [-0.25, -0.2) is 19.7 Å². The van der Waals surface area contributed by atoms with Gasteiger partial charge < -0.3 is 15.0 Å². The van der Waals surface area contributed by atoms with E-state index in [2.05, 4.69) is 71.0 Å². The third-order valence-corrected chi connectivity index (χ3v) is 6.75. The van der Waals surface area contributed by atoms with Crippen LogP contribution in [-0.2, 0) is 6.54 Å². The number of aromatic carboxylic acids is 1. The van der Waals surface area contributed by atoms with Gasteiger partial charge in [0, 0.05) is 18.2 Å². The first-order valence-electron chi connectivity index (χ1n) is 12.2. The van der Waals surface area contributed by atoms with E-state index in [1.54, 1.807) is 0 Å². The quantitative estimate of drug-likeness (QED) is 0.335. The standard InChI is InChI=1S/C28H31N5O2/c1-16(2)20-10-8-19(9-11-20)15-33-23-24(29-18(4)21-12-13-21)30-26(28(34)35)31-25(23)32-27(33)22-7-5-6-17(3)14-22/h5-11,14,16,18,21H,12-13,15H2,1-4H3,(H,34,35)(H,29,30,31)/t18-/m1/s1. The van der Waals surface area contributed by atoms with Gasteiger partial charge in [0.2, 0.25) is 5.82 Å². The third-order valence-electron chi connectivity index (χ3n) is 6.75. The Morgan fingerprint density at radius 3 is 2.46 bits per heavy atom. The second kappa shape index (κ2) is 9.13. The van der Waals surface area contributed by atoms with Crippen LogP contribution in [0.4, 0.5) is 5.82 Å². The molecule has 180 valence electrons. The number of rotatable bonds is 8. The monoisotopic (exact) mass is 469 g/mol. The number of nitrogens with zero attached hydrogens (tertiary/aromatic N) is 4. The van der Waals surface area contributed by atoms with Crippen molar-refractivity contribution in [3.63, 3.8) is 0 Å². The van der Waals surface area contributed by atoms with Gasteiger partial charge in [0.15, 0.2) is 11.5 Å². The summed E-state index contributed by atoms with van der Waals surface area (Å²) in [5.74, 6) is 0.898. The van der Waals surface area contributed by atoms with Crippen molar-refractivity contribution in [3.8, 4) is 11.4 Å². The van der Waals surface area contributed by atoms with Crippen molar-refractivity contribution in [1.29, 1.82) is 0 Å². The summed E-state index contributed by atoms with van der Waals surface area (Å²) in [6, 6.07) is 17.0. The summed E-state index contributed by atoms with van der Waals surface area (Å²) in [6.45, 7) is 9.11. The number of carboxylic acids is 1. The molecule has 0 radical (unpaired) electrons. The van der Waals surface area contributed by atoms with Crippen LogP contribution in [0.5, 0.6) is 0 Å². The summed E-state index contributed by atoms with van der Waals surface area (Å²) in [7, 11) is 0. The van der Waals surface area contributed by atoms with Crippen LogP contribution in [0.25, 0.3) is 22.6 Å². The Labute approximate surface area is 205 Å². The van der Waals surface area contributed by atoms with E-state index < -0.39 is 5.97 Å². The molecule has 1 saturated carbocycles. The lowest BCUT2D eigenvalue weighted by Gasteiger charge is -2.17. The molecule has 0 unspecified atom stereocenters. The van der Waals surface area contributed by atoms with Crippen molar-refractivity contribution >= 4 is 23.0 Å². The van der Waals surface area contributed by atoms with Gasteiger partial charge in [0.1, 0.15) is 11.3 Å². The van der Waals surface area contributed by atoms with E-state index in [4.69, 9.17) is 4.98 Å². The number of imidazole rings is 1. The molecule has 2 aromatic carbocycles. The summed E-state index contributed by atoms with van der Waals surface area (Å²) >= 11 is 0. The molecule has 4 aromatic rings. The molecule has 0 aliphatic heterocycles. The minimum Gasteiger partial charge on any atom is -0.475 e. The molecule has 1 fully saturated rings. The number of aryl methyl sites for hydroxylation is 1. The Balaban J connectivity index is 1.70. The van der Waals surface area contributed by atoms with Gasteiger partial charge in [-0.05, 0) is 55.7 Å². The van der Waals surface area contributed by atoms with Crippen LogP contribution in [0.15, 0.2) is 48.5 Å². The largest absolute Gasteiger partial charge is 0.475 e. The Morgan fingerprint density at radius 1 is 1.09 bits per heavy atom. The Morgan fingerprint density at radius 2 is 1.83 bits per heavy atom. The zero-order chi connectivity index (χ0) is 24.7. The highest BCUT2D eigenvalue weighted by molar-refractivity contribution is 5.92. The van der Waals surface area contributed by atoms with Crippen LogP contribution in [-0.4, -0.2) is 36.6 Å². The SMILES string of the molecule is Cc1cccc(-c2nc3nc(C(=O)O)nc(N[C@H](C)C4CC4)c3n2Cc2ccc(C(C)C)cc2)c1. The Kier molecular flexibility index (Phi) is 6.01. The molecular weight excluding hydrogens is 438 g/mol. The molecule has 0 saturated heterocycles. The number of fused-ring (bicyclic) bond motifs is 1. The average molecular weight is 470 g/mol. The third kappa shape index (κ3) is 4.76. The van der Waals surface area contributed by atoms with Gasteiger partial charge in [0.05, 0.1) is 0 Å². The summed E-state index contributed by atoms with van der Waals surface area (Å²) < 4.78 is 2.11. The summed E-state index contributed by atoms with van der Waals surface area (Å²) in [6.07, 6.45) is 2.34. The number of hydrogen-bond donors (Lipinski definition) is 2. The molecule has 1 aliphatic carbocycles. The van der Waals surface area contributed by atoms with Gasteiger partial charge in [-0.15, -0.1) is 0 Å². The van der Waals surface area contributed by atoms with E-state index in [-0.39, 0.29) is 11.9 Å². The van der Waals surface area contributed by atoms with E-state index in [9.17, 15) is 9.90 Å². The highest BCUT2D eigenvalue weighted by Gasteiger charge is 2.30. The molecule has 0 spiro atoms. The molecule has 1 aliphatic rings. The Bertz CT molecular complexity index is 1390. The van der Waals surface area contributed by atoms with Crippen LogP contribution in [0.3, 0.4) is 0 Å². The van der Waals surface area contributed by atoms with Crippen LogP contribution in [0.1, 0.15) is 66.8 Å². The molecule has 2 N–H and O–H groups in total. The van der Waals surface area contributed by atoms with Crippen LogP contribution >= 0.6 is 0 Å². The minimum absolute atomic E-state index is 0.186. The minimum atomic E-state index is -1.16. The molecular formula is C28H31N5O2. The Hall–Kier alpha value is -3.74. The van der Waals surface area contributed by atoms with Crippen molar-refractivity contribution in [2.24, 2.45) is 5.92 Å². The number of nitrogens with one attached hydrogen (secondary N) is 1. The first-order valence-corrected chi connectivity index (χ1v) is 12.2. The van der Waals surface area contributed by atoms with Gasteiger partial charge in [-0.3, -0.25) is 0 Å². The van der Waals surface area contributed by atoms with Gasteiger partial charge in [-0.2, -0.15) is 0 Å². The second-order valence-corrected chi connectivity index (χ2v) is 9.93. The first-order chi connectivity index (χ1) is 16.8. The van der Waals surface area contributed by atoms with Gasteiger partial charge in [0.25, 0.3) is 0 Å². The number of hydrogen-bond acceptors (Lipinski definition) is 5. The fourth-order valence-corrected chi connectivity index (χ4v) is 4.51. The lowest BCUT2D eigenvalue weighted by atomic mass is 10.0. The van der Waals surface area contributed by atoms with Gasteiger partial charge in [-0.1, -0.05) is 61.9 Å². The second-order valence-electron chi connectivity index (χ2n) is 9.93. The smallest absolute Gasteiger partial charge is 0.374 e. The number of benzene rings is 2. The normalized spacial score (nSPS) is 14.4. The summed E-state index contributed by atoms with van der Waals surface area (Å²) in [5, 5.41) is 13.2. The number of carbonyl (C=O) groups is 1. The molecule has 0 bridgehead atoms. The van der Waals surface area contributed by atoms with Crippen molar-refractivity contribution in [2.45, 2.75) is 59.0 Å². The van der Waals surface area contributed by atoms with Crippen molar-refractivity contribution in [1.82, 2.24) is 19.5 Å². The van der Waals surface area contributed by atoms with Crippen LogP contribution in [0, 0.1) is 12.8 Å². The van der Waals surface area contributed by atoms with E-state index in [0.29, 0.717) is 29.8 Å². The molecule has 7 nitrogen and oxygen atoms in total. The topological polar surface area (TPSA) is 92.9 Å². The lowest BCUT2D eigenvalue weighted by molar-refractivity contribution is 0.0684. The van der Waals surface area contributed by atoms with E-state index in [1.165, 1.54) is 18.4 Å². The fraction of sp³-hybridized carbons (Fsp3) is 0.357. The zero-order valence-corrected chi connectivity index (χ0v) is 20.6. The molecule has 1 atom stereocenters. The highest BCUT2D eigenvalue weighted by Crippen LogP contribution is 2.36. The maximum absolute atomic E-state index is 11.8. The summed E-state index contributed by atoms with van der Waals surface area (Å²) in [5.41, 5.74) is 5.62. The molecule has 0 amide bonds. The van der Waals surface area contributed by atoms with Crippen LogP contribution in [0.2, 0.25) is 0 Å². The van der Waals surface area contributed by atoms with Crippen molar-refractivity contribution in [2.75, 3.05) is 5.32 Å². The zero-order valence-electron chi connectivity index (χ0n) is 20.6. The maximum Gasteiger partial charge on any atom is 0.374 e. The van der Waals surface area contributed by atoms with Crippen molar-refractivity contribution < 1.29 is 9.90 Å².